The molecule has 1 aliphatic carbocycles. The second kappa shape index (κ2) is 7.54. The molecule has 4 rings (SSSR count). The molecule has 2 aliphatic rings. The summed E-state index contributed by atoms with van der Waals surface area (Å²) in [6.45, 7) is 3.15. The summed E-state index contributed by atoms with van der Waals surface area (Å²) >= 11 is 0. The van der Waals surface area contributed by atoms with Crippen LogP contribution in [0, 0.1) is 0 Å². The summed E-state index contributed by atoms with van der Waals surface area (Å²) in [7, 11) is 0. The topological polar surface area (TPSA) is 61.1 Å². The number of nitrogens with one attached hydrogen (secondary N) is 1. The van der Waals surface area contributed by atoms with E-state index in [9.17, 15) is 4.79 Å². The highest BCUT2D eigenvalue weighted by molar-refractivity contribution is 5.25. The predicted molar refractivity (Wildman–Crippen MR) is 95.7 cm³/mol. The Hall–Kier alpha value is -1.92. The summed E-state index contributed by atoms with van der Waals surface area (Å²) in [6.07, 6.45) is 8.99. The first kappa shape index (κ1) is 16.5. The molecule has 1 fully saturated rings. The van der Waals surface area contributed by atoms with Crippen LogP contribution in [0.3, 0.4) is 0 Å². The summed E-state index contributed by atoms with van der Waals surface area (Å²) in [5.41, 5.74) is 2.63. The molecule has 6 nitrogen and oxygen atoms in total. The van der Waals surface area contributed by atoms with Crippen molar-refractivity contribution in [3.05, 3.63) is 52.2 Å². The number of ether oxygens (including phenoxy) is 1. The molecule has 0 amide bonds. The Labute approximate surface area is 147 Å². The van der Waals surface area contributed by atoms with Crippen LogP contribution in [0.4, 0.5) is 0 Å². The van der Waals surface area contributed by atoms with Crippen LogP contribution < -0.4 is 10.9 Å². The maximum atomic E-state index is 12.4. The third-order valence-electron chi connectivity index (χ3n) is 5.39. The molecular formula is C19H26N4O2. The van der Waals surface area contributed by atoms with E-state index < -0.39 is 0 Å². The molecule has 6 heteroatoms. The molecule has 1 atom stereocenters. The normalized spacial score (nSPS) is 21.2. The molecule has 0 aromatic carbocycles. The zero-order chi connectivity index (χ0) is 17.1. The zero-order valence-corrected chi connectivity index (χ0v) is 14.6. The average Bonchev–Trinajstić information content (AvgIpc) is 3.15. The van der Waals surface area contributed by atoms with Crippen LogP contribution in [-0.4, -0.2) is 39.6 Å². The van der Waals surface area contributed by atoms with E-state index in [4.69, 9.17) is 4.74 Å². The summed E-state index contributed by atoms with van der Waals surface area (Å²) in [4.78, 5) is 12.4. The standard InChI is InChI=1S/C19H26N4O2/c24-19-5-2-15-14-17(21-16-6-12-25-13-7-16)3-4-18(15)23(19)11-10-22-9-1-8-20-22/h1-2,5,8-9,16-17,21H,3-4,6-7,10-14H2/t17-/m1/s1. The van der Waals surface area contributed by atoms with Crippen molar-refractivity contribution in [2.75, 3.05) is 13.2 Å². The van der Waals surface area contributed by atoms with Gasteiger partial charge in [0.15, 0.2) is 0 Å². The Balaban J connectivity index is 1.45. The summed E-state index contributed by atoms with van der Waals surface area (Å²) < 4.78 is 9.27. The van der Waals surface area contributed by atoms with Crippen LogP contribution in [-0.2, 0) is 30.7 Å². The van der Waals surface area contributed by atoms with Gasteiger partial charge in [-0.15, -0.1) is 0 Å². The largest absolute Gasteiger partial charge is 0.381 e. The number of fused-ring (bicyclic) bond motifs is 1. The van der Waals surface area contributed by atoms with Gasteiger partial charge in [0.2, 0.25) is 0 Å². The van der Waals surface area contributed by atoms with Crippen LogP contribution in [0.15, 0.2) is 35.4 Å². The maximum Gasteiger partial charge on any atom is 0.250 e. The van der Waals surface area contributed by atoms with Gasteiger partial charge in [-0.25, -0.2) is 0 Å². The number of aromatic nitrogens is 3. The number of pyridine rings is 1. The van der Waals surface area contributed by atoms with E-state index in [1.54, 1.807) is 12.3 Å². The number of aryl methyl sites for hydroxylation is 1. The molecule has 1 aliphatic heterocycles. The average molecular weight is 342 g/mol. The van der Waals surface area contributed by atoms with Crippen molar-refractivity contribution in [1.29, 1.82) is 0 Å². The van der Waals surface area contributed by atoms with Crippen molar-refractivity contribution in [3.63, 3.8) is 0 Å². The van der Waals surface area contributed by atoms with Gasteiger partial charge in [-0.05, 0) is 43.7 Å². The molecular weight excluding hydrogens is 316 g/mol. The van der Waals surface area contributed by atoms with Gasteiger partial charge in [0, 0.05) is 56.0 Å². The Morgan fingerprint density at radius 1 is 1.16 bits per heavy atom. The van der Waals surface area contributed by atoms with Crippen molar-refractivity contribution in [2.24, 2.45) is 0 Å². The van der Waals surface area contributed by atoms with Crippen LogP contribution in [0.25, 0.3) is 0 Å². The minimum Gasteiger partial charge on any atom is -0.381 e. The maximum absolute atomic E-state index is 12.4. The molecule has 1 saturated heterocycles. The minimum absolute atomic E-state index is 0.0988. The van der Waals surface area contributed by atoms with Gasteiger partial charge in [0.1, 0.15) is 0 Å². The van der Waals surface area contributed by atoms with Gasteiger partial charge in [0.25, 0.3) is 5.56 Å². The van der Waals surface area contributed by atoms with Gasteiger partial charge in [-0.1, -0.05) is 6.07 Å². The number of nitrogens with zero attached hydrogens (tertiary/aromatic N) is 3. The fourth-order valence-corrected chi connectivity index (χ4v) is 4.04. The molecule has 25 heavy (non-hydrogen) atoms. The molecule has 2 aromatic heterocycles. The highest BCUT2D eigenvalue weighted by Crippen LogP contribution is 2.22. The molecule has 0 unspecified atom stereocenters. The summed E-state index contributed by atoms with van der Waals surface area (Å²) in [6, 6.07) is 6.74. The first-order valence-corrected chi connectivity index (χ1v) is 9.32. The second-order valence-corrected chi connectivity index (χ2v) is 7.06. The van der Waals surface area contributed by atoms with E-state index in [2.05, 4.69) is 10.4 Å². The van der Waals surface area contributed by atoms with E-state index >= 15 is 0 Å². The van der Waals surface area contributed by atoms with E-state index in [-0.39, 0.29) is 5.56 Å². The van der Waals surface area contributed by atoms with Crippen molar-refractivity contribution in [3.8, 4) is 0 Å². The van der Waals surface area contributed by atoms with Gasteiger partial charge in [0.05, 0.1) is 6.54 Å². The molecule has 2 aromatic rings. The van der Waals surface area contributed by atoms with E-state index in [1.807, 2.05) is 27.6 Å². The van der Waals surface area contributed by atoms with Crippen LogP contribution in [0.1, 0.15) is 30.5 Å². The van der Waals surface area contributed by atoms with Crippen molar-refractivity contribution in [1.82, 2.24) is 19.7 Å². The Kier molecular flexibility index (Phi) is 4.99. The molecule has 0 radical (unpaired) electrons. The first-order valence-electron chi connectivity index (χ1n) is 9.32. The fraction of sp³-hybridized carbons (Fsp3) is 0.579. The lowest BCUT2D eigenvalue weighted by molar-refractivity contribution is 0.0742. The predicted octanol–water partition coefficient (Wildman–Crippen LogP) is 1.37. The van der Waals surface area contributed by atoms with E-state index in [1.165, 1.54) is 11.3 Å². The highest BCUT2D eigenvalue weighted by atomic mass is 16.5. The first-order chi connectivity index (χ1) is 12.3. The number of hydrogen-bond acceptors (Lipinski definition) is 4. The van der Waals surface area contributed by atoms with Crippen LogP contribution in [0.2, 0.25) is 0 Å². The molecule has 1 N–H and O–H groups in total. The Morgan fingerprint density at radius 3 is 2.84 bits per heavy atom. The van der Waals surface area contributed by atoms with Crippen molar-refractivity contribution < 1.29 is 4.74 Å². The summed E-state index contributed by atoms with van der Waals surface area (Å²) in [5, 5.41) is 8.04. The zero-order valence-electron chi connectivity index (χ0n) is 14.6. The molecule has 0 saturated carbocycles. The fourth-order valence-electron chi connectivity index (χ4n) is 4.04. The van der Waals surface area contributed by atoms with Gasteiger partial charge < -0.3 is 14.6 Å². The Morgan fingerprint density at radius 2 is 2.04 bits per heavy atom. The van der Waals surface area contributed by atoms with E-state index in [0.717, 1.165) is 51.9 Å². The van der Waals surface area contributed by atoms with Crippen LogP contribution >= 0.6 is 0 Å². The quantitative estimate of drug-likeness (QED) is 0.892. The van der Waals surface area contributed by atoms with Crippen LogP contribution in [0.5, 0.6) is 0 Å². The SMILES string of the molecule is O=c1ccc2c(n1CCn1cccn1)CC[C@@H](NC1CCOCC1)C2. The number of hydrogen-bond donors (Lipinski definition) is 1. The van der Waals surface area contributed by atoms with Crippen molar-refractivity contribution in [2.45, 2.75) is 57.3 Å². The smallest absolute Gasteiger partial charge is 0.250 e. The lowest BCUT2D eigenvalue weighted by atomic mass is 9.90. The van der Waals surface area contributed by atoms with E-state index in [0.29, 0.717) is 18.6 Å². The van der Waals surface area contributed by atoms with Crippen molar-refractivity contribution >= 4 is 0 Å². The third kappa shape index (κ3) is 3.85. The minimum atomic E-state index is 0.0988. The van der Waals surface area contributed by atoms with Gasteiger partial charge in [-0.2, -0.15) is 5.10 Å². The lowest BCUT2D eigenvalue weighted by Crippen LogP contribution is -2.45. The molecule has 0 bridgehead atoms. The third-order valence-corrected chi connectivity index (χ3v) is 5.39. The highest BCUT2D eigenvalue weighted by Gasteiger charge is 2.24. The Bertz CT molecular complexity index is 747. The second-order valence-electron chi connectivity index (χ2n) is 7.06. The number of rotatable bonds is 5. The summed E-state index contributed by atoms with van der Waals surface area (Å²) in [5.74, 6) is 0. The van der Waals surface area contributed by atoms with Gasteiger partial charge >= 0.3 is 0 Å². The molecule has 134 valence electrons. The van der Waals surface area contributed by atoms with Gasteiger partial charge in [-0.3, -0.25) is 9.48 Å². The lowest BCUT2D eigenvalue weighted by Gasteiger charge is -2.32. The molecule has 3 heterocycles. The monoisotopic (exact) mass is 342 g/mol. The molecule has 0 spiro atoms.